The van der Waals surface area contributed by atoms with E-state index in [1.54, 1.807) is 12.0 Å². The van der Waals surface area contributed by atoms with Crippen molar-refractivity contribution in [1.29, 1.82) is 0 Å². The summed E-state index contributed by atoms with van der Waals surface area (Å²) in [5, 5.41) is 4.53. The second kappa shape index (κ2) is 7.12. The first kappa shape index (κ1) is 18.6. The number of anilines is 1. The number of hydrogen-bond donors (Lipinski definition) is 0. The quantitative estimate of drug-likeness (QED) is 0.666. The van der Waals surface area contributed by atoms with Crippen molar-refractivity contribution >= 4 is 23.1 Å². The number of aromatic nitrogens is 3. The molecule has 154 valence electrons. The number of rotatable bonds is 3. The van der Waals surface area contributed by atoms with Crippen LogP contribution in [0.4, 0.5) is 5.69 Å². The van der Waals surface area contributed by atoms with Crippen LogP contribution in [0, 0.1) is 12.8 Å². The Morgan fingerprint density at radius 2 is 2.03 bits per heavy atom. The first-order valence-electron chi connectivity index (χ1n) is 10.1. The van der Waals surface area contributed by atoms with Crippen LogP contribution >= 0.6 is 0 Å². The van der Waals surface area contributed by atoms with Crippen LogP contribution in [0.5, 0.6) is 5.75 Å². The highest BCUT2D eigenvalue weighted by Crippen LogP contribution is 2.29. The highest BCUT2D eigenvalue weighted by atomic mass is 16.5. The zero-order valence-corrected chi connectivity index (χ0v) is 17.0. The predicted octanol–water partition coefficient (Wildman–Crippen LogP) is 1.98. The van der Waals surface area contributed by atoms with E-state index in [-0.39, 0.29) is 24.2 Å². The third-order valence-corrected chi connectivity index (χ3v) is 5.94. The summed E-state index contributed by atoms with van der Waals surface area (Å²) in [7, 11) is 1.61. The molecule has 1 unspecified atom stereocenters. The number of fused-ring (bicyclic) bond motifs is 3. The Morgan fingerprint density at radius 1 is 1.23 bits per heavy atom. The maximum atomic E-state index is 13.2. The summed E-state index contributed by atoms with van der Waals surface area (Å²) in [6.45, 7) is 3.48. The summed E-state index contributed by atoms with van der Waals surface area (Å²) in [6, 6.07) is 9.30. The van der Waals surface area contributed by atoms with Gasteiger partial charge in [0.25, 0.3) is 0 Å². The van der Waals surface area contributed by atoms with E-state index in [0.717, 1.165) is 40.5 Å². The van der Waals surface area contributed by atoms with Gasteiger partial charge in [-0.2, -0.15) is 5.10 Å². The third-order valence-electron chi connectivity index (χ3n) is 5.94. The maximum Gasteiger partial charge on any atom is 0.228 e. The minimum atomic E-state index is -0.329. The molecule has 4 heterocycles. The number of carbonyl (C=O) groups is 2. The van der Waals surface area contributed by atoms with Crippen molar-refractivity contribution in [2.24, 2.45) is 5.92 Å². The lowest BCUT2D eigenvalue weighted by Gasteiger charge is -2.30. The second-order valence-electron chi connectivity index (χ2n) is 7.90. The molecule has 1 fully saturated rings. The maximum absolute atomic E-state index is 13.2. The summed E-state index contributed by atoms with van der Waals surface area (Å²) in [5.74, 6) is 0.415. The fourth-order valence-electron chi connectivity index (χ4n) is 4.39. The molecule has 8 heteroatoms. The van der Waals surface area contributed by atoms with Crippen LogP contribution in [0.1, 0.15) is 23.4 Å². The highest BCUT2D eigenvalue weighted by molar-refractivity contribution is 6.00. The SMILES string of the molecule is COc1ccc(N2CC(C(=O)N3CCc4c(cnc5cc(C)nn45)C3)CC2=O)cc1. The van der Waals surface area contributed by atoms with E-state index in [2.05, 4.69) is 10.1 Å². The summed E-state index contributed by atoms with van der Waals surface area (Å²) in [6.07, 6.45) is 2.81. The lowest BCUT2D eigenvalue weighted by atomic mass is 10.0. The molecule has 0 radical (unpaired) electrons. The van der Waals surface area contributed by atoms with Crippen LogP contribution in [-0.4, -0.2) is 51.5 Å². The number of hydrogen-bond acceptors (Lipinski definition) is 5. The summed E-state index contributed by atoms with van der Waals surface area (Å²) in [5.41, 5.74) is 4.68. The van der Waals surface area contributed by atoms with Crippen LogP contribution in [0.3, 0.4) is 0 Å². The molecule has 0 bridgehead atoms. The van der Waals surface area contributed by atoms with E-state index in [1.807, 2.05) is 52.9 Å². The monoisotopic (exact) mass is 405 g/mol. The largest absolute Gasteiger partial charge is 0.497 e. The van der Waals surface area contributed by atoms with Gasteiger partial charge >= 0.3 is 0 Å². The van der Waals surface area contributed by atoms with E-state index in [4.69, 9.17) is 4.74 Å². The Bertz CT molecular complexity index is 1140. The third kappa shape index (κ3) is 3.08. The lowest BCUT2D eigenvalue weighted by molar-refractivity contribution is -0.136. The Morgan fingerprint density at radius 3 is 2.80 bits per heavy atom. The van der Waals surface area contributed by atoms with Crippen molar-refractivity contribution in [3.63, 3.8) is 0 Å². The average Bonchev–Trinajstić information content (AvgIpc) is 3.35. The summed E-state index contributed by atoms with van der Waals surface area (Å²) >= 11 is 0. The molecule has 2 aliphatic heterocycles. The van der Waals surface area contributed by atoms with Crippen molar-refractivity contribution in [2.45, 2.75) is 26.3 Å². The molecule has 0 saturated carbocycles. The van der Waals surface area contributed by atoms with Crippen LogP contribution in [-0.2, 0) is 22.6 Å². The molecule has 0 aliphatic carbocycles. The number of carbonyl (C=O) groups excluding carboxylic acids is 2. The van der Waals surface area contributed by atoms with Gasteiger partial charge in [-0.1, -0.05) is 0 Å². The molecule has 2 amide bonds. The highest BCUT2D eigenvalue weighted by Gasteiger charge is 2.38. The zero-order chi connectivity index (χ0) is 20.8. The predicted molar refractivity (Wildman–Crippen MR) is 110 cm³/mol. The van der Waals surface area contributed by atoms with Gasteiger partial charge in [0.05, 0.1) is 24.4 Å². The molecule has 0 spiro atoms. The number of amides is 2. The number of nitrogens with zero attached hydrogens (tertiary/aromatic N) is 5. The number of ether oxygens (including phenoxy) is 1. The van der Waals surface area contributed by atoms with E-state index in [1.165, 1.54) is 0 Å². The number of methoxy groups -OCH3 is 1. The van der Waals surface area contributed by atoms with Gasteiger partial charge in [0, 0.05) is 56.0 Å². The summed E-state index contributed by atoms with van der Waals surface area (Å²) < 4.78 is 7.06. The second-order valence-corrected chi connectivity index (χ2v) is 7.90. The van der Waals surface area contributed by atoms with Crippen molar-refractivity contribution in [3.8, 4) is 5.75 Å². The van der Waals surface area contributed by atoms with Crippen LogP contribution in [0.2, 0.25) is 0 Å². The van der Waals surface area contributed by atoms with Gasteiger partial charge in [-0.3, -0.25) is 9.59 Å². The summed E-state index contributed by atoms with van der Waals surface area (Å²) in [4.78, 5) is 33.8. The van der Waals surface area contributed by atoms with Crippen molar-refractivity contribution in [1.82, 2.24) is 19.5 Å². The van der Waals surface area contributed by atoms with Crippen LogP contribution < -0.4 is 9.64 Å². The van der Waals surface area contributed by atoms with Gasteiger partial charge in [0.15, 0.2) is 5.65 Å². The minimum absolute atomic E-state index is 0.0219. The molecular weight excluding hydrogens is 382 g/mol. The molecule has 1 atom stereocenters. The number of aryl methyl sites for hydroxylation is 1. The molecule has 1 saturated heterocycles. The standard InChI is InChI=1S/C22H23N5O3/c1-14-9-20-23-11-16-12-25(8-7-19(16)27(20)24-14)22(29)15-10-21(28)26(13-15)17-3-5-18(30-2)6-4-17/h3-6,9,11,15H,7-8,10,12-13H2,1-2H3. The Labute approximate surface area is 174 Å². The van der Waals surface area contributed by atoms with E-state index in [9.17, 15) is 9.59 Å². The molecular formula is C22H23N5O3. The van der Waals surface area contributed by atoms with Gasteiger partial charge in [-0.25, -0.2) is 9.50 Å². The first-order chi connectivity index (χ1) is 14.5. The Balaban J connectivity index is 1.32. The van der Waals surface area contributed by atoms with E-state index >= 15 is 0 Å². The van der Waals surface area contributed by atoms with Crippen molar-refractivity contribution in [2.75, 3.05) is 25.1 Å². The van der Waals surface area contributed by atoms with E-state index in [0.29, 0.717) is 19.6 Å². The fraction of sp³-hybridized carbons (Fsp3) is 0.364. The molecule has 30 heavy (non-hydrogen) atoms. The molecule has 3 aromatic rings. The molecule has 2 aromatic heterocycles. The van der Waals surface area contributed by atoms with Gasteiger partial charge in [0.2, 0.25) is 11.8 Å². The van der Waals surface area contributed by atoms with Gasteiger partial charge in [-0.15, -0.1) is 0 Å². The minimum Gasteiger partial charge on any atom is -0.497 e. The van der Waals surface area contributed by atoms with Gasteiger partial charge in [0.1, 0.15) is 5.75 Å². The Hall–Kier alpha value is -3.42. The average molecular weight is 405 g/mol. The normalized spacial score (nSPS) is 18.7. The van der Waals surface area contributed by atoms with Crippen LogP contribution in [0.25, 0.3) is 5.65 Å². The molecule has 8 nitrogen and oxygen atoms in total. The molecule has 5 rings (SSSR count). The van der Waals surface area contributed by atoms with Crippen LogP contribution in [0.15, 0.2) is 36.5 Å². The lowest BCUT2D eigenvalue weighted by Crippen LogP contribution is -2.41. The smallest absolute Gasteiger partial charge is 0.228 e. The van der Waals surface area contributed by atoms with Crippen molar-refractivity contribution in [3.05, 3.63) is 53.5 Å². The fourth-order valence-corrected chi connectivity index (χ4v) is 4.39. The zero-order valence-electron chi connectivity index (χ0n) is 17.0. The molecule has 0 N–H and O–H groups in total. The van der Waals surface area contributed by atoms with E-state index < -0.39 is 0 Å². The molecule has 1 aromatic carbocycles. The molecule has 2 aliphatic rings. The van der Waals surface area contributed by atoms with Gasteiger partial charge < -0.3 is 14.5 Å². The van der Waals surface area contributed by atoms with Gasteiger partial charge in [-0.05, 0) is 31.2 Å². The van der Waals surface area contributed by atoms with Crippen molar-refractivity contribution < 1.29 is 14.3 Å². The first-order valence-corrected chi connectivity index (χ1v) is 10.1. The number of benzene rings is 1. The topological polar surface area (TPSA) is 80.0 Å². The Kier molecular flexibility index (Phi) is 4.42.